The Morgan fingerprint density at radius 1 is 1.43 bits per heavy atom. The maximum Gasteiger partial charge on any atom is 0.228 e. The van der Waals surface area contributed by atoms with Crippen molar-refractivity contribution in [2.24, 2.45) is 0 Å². The first-order valence-corrected chi connectivity index (χ1v) is 4.88. The van der Waals surface area contributed by atoms with Gasteiger partial charge in [-0.15, -0.1) is 0 Å². The molecule has 0 spiro atoms. The molecule has 14 heavy (non-hydrogen) atoms. The number of nitrogens with zero attached hydrogens (tertiary/aromatic N) is 1. The summed E-state index contributed by atoms with van der Waals surface area (Å²) in [6.45, 7) is 0. The van der Waals surface area contributed by atoms with E-state index in [0.29, 0.717) is 6.42 Å². The van der Waals surface area contributed by atoms with Gasteiger partial charge in [0.15, 0.2) is 0 Å². The van der Waals surface area contributed by atoms with Gasteiger partial charge in [0, 0.05) is 24.6 Å². The summed E-state index contributed by atoms with van der Waals surface area (Å²) in [5.74, 6) is 0.170. The van der Waals surface area contributed by atoms with Gasteiger partial charge in [-0.2, -0.15) is 0 Å². The van der Waals surface area contributed by atoms with Crippen LogP contribution >= 0.6 is 0 Å². The lowest BCUT2D eigenvalue weighted by Crippen LogP contribution is -2.38. The van der Waals surface area contributed by atoms with Gasteiger partial charge in [-0.3, -0.25) is 9.69 Å². The van der Waals surface area contributed by atoms with Gasteiger partial charge in [0.25, 0.3) is 0 Å². The monoisotopic (exact) mass is 189 g/mol. The molecule has 0 aromatic carbocycles. The minimum Gasteiger partial charge on any atom is -0.346 e. The molecule has 3 heteroatoms. The van der Waals surface area contributed by atoms with Gasteiger partial charge in [0.2, 0.25) is 5.91 Å². The van der Waals surface area contributed by atoms with Crippen molar-refractivity contribution in [1.29, 1.82) is 0 Å². The third-order valence-electron chi connectivity index (χ3n) is 2.81. The molecule has 2 unspecified atom stereocenters. The van der Waals surface area contributed by atoms with Crippen LogP contribution < -0.4 is 0 Å². The third-order valence-corrected chi connectivity index (χ3v) is 2.81. The number of carbonyl (C=O) groups is 1. The molecule has 2 heterocycles. The predicted molar refractivity (Wildman–Crippen MR) is 51.1 cm³/mol. The molecule has 0 saturated carbocycles. The van der Waals surface area contributed by atoms with Crippen LogP contribution in [0.3, 0.4) is 0 Å². The number of hydrogen-bond donors (Lipinski definition) is 0. The van der Waals surface area contributed by atoms with Crippen molar-refractivity contribution in [3.05, 3.63) is 36.1 Å². The zero-order valence-corrected chi connectivity index (χ0v) is 7.72. The van der Waals surface area contributed by atoms with E-state index in [-0.39, 0.29) is 18.2 Å². The summed E-state index contributed by atoms with van der Waals surface area (Å²) < 4.78 is 5.78. The highest BCUT2D eigenvalue weighted by molar-refractivity contribution is 5.80. The largest absolute Gasteiger partial charge is 0.346 e. The standard InChI is InChI=1S/C11H11NO2/c13-10-5-6-11-12(10)7-8-3-1-2-4-9(8)14-11/h1-4,7,9,11H,5-6H2. The fraction of sp³-hybridized carbons (Fsp3) is 0.364. The number of fused-ring (bicyclic) bond motifs is 2. The molecule has 0 aromatic heterocycles. The summed E-state index contributed by atoms with van der Waals surface area (Å²) in [5, 5.41) is 0. The van der Waals surface area contributed by atoms with Crippen LogP contribution in [0.1, 0.15) is 12.8 Å². The van der Waals surface area contributed by atoms with Gasteiger partial charge in [0.05, 0.1) is 0 Å². The molecule has 0 N–H and O–H groups in total. The maximum atomic E-state index is 11.4. The SMILES string of the molecule is O=C1CCC2OC3C=CC=CC3=CN12. The van der Waals surface area contributed by atoms with Gasteiger partial charge in [-0.25, -0.2) is 0 Å². The van der Waals surface area contributed by atoms with Crippen molar-refractivity contribution in [2.75, 3.05) is 0 Å². The maximum absolute atomic E-state index is 11.4. The Kier molecular flexibility index (Phi) is 1.61. The van der Waals surface area contributed by atoms with Crippen molar-refractivity contribution in [3.63, 3.8) is 0 Å². The second kappa shape index (κ2) is 2.82. The topological polar surface area (TPSA) is 29.5 Å². The zero-order valence-electron chi connectivity index (χ0n) is 7.72. The Hall–Kier alpha value is -1.35. The summed E-state index contributed by atoms with van der Waals surface area (Å²) >= 11 is 0. The van der Waals surface area contributed by atoms with Crippen LogP contribution in [0.25, 0.3) is 0 Å². The normalized spacial score (nSPS) is 34.1. The van der Waals surface area contributed by atoms with E-state index in [0.717, 1.165) is 12.0 Å². The summed E-state index contributed by atoms with van der Waals surface area (Å²) in [6, 6.07) is 0. The van der Waals surface area contributed by atoms with Crippen molar-refractivity contribution in [3.8, 4) is 0 Å². The van der Waals surface area contributed by atoms with Crippen LogP contribution in [0.2, 0.25) is 0 Å². The molecule has 0 bridgehead atoms. The van der Waals surface area contributed by atoms with E-state index in [9.17, 15) is 4.79 Å². The number of amides is 1. The van der Waals surface area contributed by atoms with Gasteiger partial charge in [-0.05, 0) is 0 Å². The third kappa shape index (κ3) is 1.06. The molecular weight excluding hydrogens is 178 g/mol. The Morgan fingerprint density at radius 2 is 2.36 bits per heavy atom. The highest BCUT2D eigenvalue weighted by Gasteiger charge is 2.36. The molecule has 0 aromatic rings. The summed E-state index contributed by atoms with van der Waals surface area (Å²) in [7, 11) is 0. The lowest BCUT2D eigenvalue weighted by molar-refractivity contribution is -0.134. The predicted octanol–water partition coefficient (Wildman–Crippen LogP) is 1.34. The first-order valence-electron chi connectivity index (χ1n) is 4.88. The van der Waals surface area contributed by atoms with E-state index in [1.165, 1.54) is 0 Å². The molecule has 1 aliphatic carbocycles. The number of hydrogen-bond acceptors (Lipinski definition) is 2. The number of allylic oxidation sites excluding steroid dienone is 2. The van der Waals surface area contributed by atoms with Crippen molar-refractivity contribution in [1.82, 2.24) is 4.90 Å². The van der Waals surface area contributed by atoms with E-state index >= 15 is 0 Å². The van der Waals surface area contributed by atoms with Crippen LogP contribution in [-0.4, -0.2) is 23.1 Å². The highest BCUT2D eigenvalue weighted by atomic mass is 16.5. The minimum atomic E-state index is -0.0348. The van der Waals surface area contributed by atoms with Crippen LogP contribution in [0, 0.1) is 0 Å². The lowest BCUT2D eigenvalue weighted by Gasteiger charge is -2.32. The van der Waals surface area contributed by atoms with E-state index < -0.39 is 0 Å². The average Bonchev–Trinajstić information content (AvgIpc) is 2.57. The second-order valence-corrected chi connectivity index (χ2v) is 3.72. The van der Waals surface area contributed by atoms with Crippen molar-refractivity contribution in [2.45, 2.75) is 25.2 Å². The first kappa shape index (κ1) is 8.00. The number of ether oxygens (including phenoxy) is 1. The zero-order chi connectivity index (χ0) is 9.54. The first-order chi connectivity index (χ1) is 6.84. The highest BCUT2D eigenvalue weighted by Crippen LogP contribution is 2.30. The molecule has 3 nitrogen and oxygen atoms in total. The molecule has 2 aliphatic heterocycles. The second-order valence-electron chi connectivity index (χ2n) is 3.72. The minimum absolute atomic E-state index is 0.0348. The Bertz CT molecular complexity index is 367. The molecule has 1 amide bonds. The summed E-state index contributed by atoms with van der Waals surface area (Å²) in [6.07, 6.45) is 11.3. The van der Waals surface area contributed by atoms with Crippen molar-refractivity contribution >= 4 is 5.91 Å². The lowest BCUT2D eigenvalue weighted by atomic mass is 10.0. The van der Waals surface area contributed by atoms with E-state index in [1.54, 1.807) is 4.90 Å². The molecule has 3 aliphatic rings. The van der Waals surface area contributed by atoms with Crippen LogP contribution in [0.5, 0.6) is 0 Å². The Labute approximate surface area is 82.3 Å². The average molecular weight is 189 g/mol. The van der Waals surface area contributed by atoms with Crippen LogP contribution in [0.15, 0.2) is 36.1 Å². The quantitative estimate of drug-likeness (QED) is 0.575. The Morgan fingerprint density at radius 3 is 3.29 bits per heavy atom. The van der Waals surface area contributed by atoms with E-state index in [4.69, 9.17) is 4.74 Å². The molecule has 3 rings (SSSR count). The Balaban J connectivity index is 1.97. The fourth-order valence-corrected chi connectivity index (χ4v) is 2.07. The summed E-state index contributed by atoms with van der Waals surface area (Å²) in [4.78, 5) is 13.2. The smallest absolute Gasteiger partial charge is 0.228 e. The number of rotatable bonds is 0. The molecule has 1 fully saturated rings. The van der Waals surface area contributed by atoms with Gasteiger partial charge in [0.1, 0.15) is 12.3 Å². The van der Waals surface area contributed by atoms with E-state index in [1.807, 2.05) is 30.5 Å². The molecule has 72 valence electrons. The van der Waals surface area contributed by atoms with Gasteiger partial charge in [-0.1, -0.05) is 24.3 Å². The fourth-order valence-electron chi connectivity index (χ4n) is 2.07. The molecular formula is C11H11NO2. The molecule has 1 saturated heterocycles. The van der Waals surface area contributed by atoms with Crippen LogP contribution in [0.4, 0.5) is 0 Å². The van der Waals surface area contributed by atoms with Gasteiger partial charge >= 0.3 is 0 Å². The molecule has 0 radical (unpaired) electrons. The number of carbonyl (C=O) groups excluding carboxylic acids is 1. The van der Waals surface area contributed by atoms with Crippen molar-refractivity contribution < 1.29 is 9.53 Å². The molecule has 2 atom stereocenters. The summed E-state index contributed by atoms with van der Waals surface area (Å²) in [5.41, 5.74) is 1.07. The van der Waals surface area contributed by atoms with Crippen LogP contribution in [-0.2, 0) is 9.53 Å². The van der Waals surface area contributed by atoms with Gasteiger partial charge < -0.3 is 4.74 Å². The van der Waals surface area contributed by atoms with E-state index in [2.05, 4.69) is 0 Å².